The van der Waals surface area contributed by atoms with E-state index in [1.807, 2.05) is 16.0 Å². The van der Waals surface area contributed by atoms with Gasteiger partial charge in [0.05, 0.1) is 11.4 Å². The third-order valence-corrected chi connectivity index (χ3v) is 7.16. The van der Waals surface area contributed by atoms with Crippen LogP contribution in [0.3, 0.4) is 0 Å². The predicted octanol–water partition coefficient (Wildman–Crippen LogP) is 3.38. The van der Waals surface area contributed by atoms with Gasteiger partial charge in [-0.05, 0) is 49.0 Å². The number of rotatable bonds is 4. The average molecular weight is 378 g/mol. The van der Waals surface area contributed by atoms with Gasteiger partial charge in [-0.1, -0.05) is 6.07 Å². The van der Waals surface area contributed by atoms with Gasteiger partial charge >= 0.3 is 0 Å². The summed E-state index contributed by atoms with van der Waals surface area (Å²) in [5.41, 5.74) is 1.50. The van der Waals surface area contributed by atoms with Crippen molar-refractivity contribution in [1.29, 1.82) is 0 Å². The van der Waals surface area contributed by atoms with Crippen LogP contribution in [0.5, 0.6) is 0 Å². The molecule has 1 N–H and O–H groups in total. The van der Waals surface area contributed by atoms with Crippen molar-refractivity contribution >= 4 is 34.9 Å². The summed E-state index contributed by atoms with van der Waals surface area (Å²) in [6, 6.07) is 6.97. The summed E-state index contributed by atoms with van der Waals surface area (Å²) in [5, 5.41) is 9.17. The van der Waals surface area contributed by atoms with Crippen molar-refractivity contribution in [2.45, 2.75) is 39.5 Å². The van der Waals surface area contributed by atoms with Crippen molar-refractivity contribution < 1.29 is 4.90 Å². The molecule has 4 heterocycles. The van der Waals surface area contributed by atoms with Crippen LogP contribution in [0.15, 0.2) is 29.0 Å². The largest absolute Gasteiger partial charge is 0.310 e. The second kappa shape index (κ2) is 6.55. The van der Waals surface area contributed by atoms with Gasteiger partial charge in [0.1, 0.15) is 6.04 Å². The first-order valence-corrected chi connectivity index (χ1v) is 10.5. The first-order valence-electron chi connectivity index (χ1n) is 8.31. The number of hydrogen-bond acceptors (Lipinski definition) is 4. The van der Waals surface area contributed by atoms with E-state index in [1.165, 1.54) is 15.3 Å². The van der Waals surface area contributed by atoms with E-state index in [4.69, 9.17) is 17.3 Å². The Morgan fingerprint density at radius 1 is 1.33 bits per heavy atom. The molecule has 1 unspecified atom stereocenters. The summed E-state index contributed by atoms with van der Waals surface area (Å²) in [4.78, 5) is 4.27. The Hall–Kier alpha value is -1.28. The molecule has 2 atom stereocenters. The van der Waals surface area contributed by atoms with Crippen molar-refractivity contribution in [2.24, 2.45) is 0 Å². The van der Waals surface area contributed by atoms with Gasteiger partial charge in [-0.3, -0.25) is 4.57 Å². The molecule has 4 rings (SSSR count). The lowest BCUT2D eigenvalue weighted by Crippen LogP contribution is -3.12. The lowest BCUT2D eigenvalue weighted by molar-refractivity contribution is -0.954. The second-order valence-electron chi connectivity index (χ2n) is 6.16. The molecule has 0 amide bonds. The van der Waals surface area contributed by atoms with E-state index >= 15 is 0 Å². The summed E-state index contributed by atoms with van der Waals surface area (Å²) in [6.07, 6.45) is 1.16. The Morgan fingerprint density at radius 3 is 2.96 bits per heavy atom. The van der Waals surface area contributed by atoms with Crippen LogP contribution in [0, 0.1) is 4.77 Å². The van der Waals surface area contributed by atoms with Crippen molar-refractivity contribution in [2.75, 3.05) is 6.54 Å². The molecule has 3 aromatic heterocycles. The van der Waals surface area contributed by atoms with Crippen molar-refractivity contribution in [3.63, 3.8) is 0 Å². The fourth-order valence-corrected chi connectivity index (χ4v) is 5.49. The minimum atomic E-state index is 0.499. The zero-order valence-corrected chi connectivity index (χ0v) is 16.3. The highest BCUT2D eigenvalue weighted by molar-refractivity contribution is 7.71. The Bertz CT molecular complexity index is 887. The van der Waals surface area contributed by atoms with E-state index in [-0.39, 0.29) is 0 Å². The minimum absolute atomic E-state index is 0.499. The predicted molar refractivity (Wildman–Crippen MR) is 102 cm³/mol. The van der Waals surface area contributed by atoms with Crippen LogP contribution in [0.1, 0.15) is 30.3 Å². The zero-order valence-electron chi connectivity index (χ0n) is 13.9. The number of nitrogens with zero attached hydrogens (tertiary/aromatic N) is 3. The van der Waals surface area contributed by atoms with Crippen molar-refractivity contribution in [3.8, 4) is 10.7 Å². The molecule has 0 saturated carbocycles. The molecule has 0 aliphatic carbocycles. The average Bonchev–Trinajstić information content (AvgIpc) is 3.31. The normalized spacial score (nSPS) is 20.2. The molecule has 7 heteroatoms. The first-order chi connectivity index (χ1) is 11.7. The highest BCUT2D eigenvalue weighted by Crippen LogP contribution is 2.25. The number of thiophene rings is 2. The maximum absolute atomic E-state index is 5.71. The van der Waals surface area contributed by atoms with E-state index < -0.39 is 0 Å². The zero-order chi connectivity index (χ0) is 16.7. The Kier molecular flexibility index (Phi) is 4.42. The van der Waals surface area contributed by atoms with E-state index in [9.17, 15) is 0 Å². The Balaban J connectivity index is 1.65. The summed E-state index contributed by atoms with van der Waals surface area (Å²) in [7, 11) is 0. The molecule has 0 bridgehead atoms. The van der Waals surface area contributed by atoms with E-state index in [0.717, 1.165) is 36.8 Å². The Labute approximate surface area is 155 Å². The monoisotopic (exact) mass is 377 g/mol. The van der Waals surface area contributed by atoms with E-state index in [1.54, 1.807) is 16.2 Å². The molecular formula is C17H21N4S3+. The topological polar surface area (TPSA) is 27.2 Å². The molecule has 0 fully saturated rings. The number of aromatic nitrogens is 3. The van der Waals surface area contributed by atoms with Gasteiger partial charge in [0.25, 0.3) is 0 Å². The third-order valence-electron chi connectivity index (χ3n) is 4.87. The van der Waals surface area contributed by atoms with Crippen LogP contribution in [-0.2, 0) is 19.6 Å². The molecule has 0 aromatic carbocycles. The van der Waals surface area contributed by atoms with Gasteiger partial charge in [0.15, 0.2) is 12.5 Å². The molecule has 24 heavy (non-hydrogen) atoms. The van der Waals surface area contributed by atoms with Gasteiger partial charge in [-0.15, -0.1) is 27.8 Å². The number of fused-ring (bicyclic) bond motifs is 1. The second-order valence-corrected chi connectivity index (χ2v) is 8.48. The summed E-state index contributed by atoms with van der Waals surface area (Å²) in [6.45, 7) is 7.28. The summed E-state index contributed by atoms with van der Waals surface area (Å²) in [5.74, 6) is 0.998. The summed E-state index contributed by atoms with van der Waals surface area (Å²) < 4.78 is 5.00. The van der Waals surface area contributed by atoms with Crippen molar-refractivity contribution in [3.05, 3.63) is 44.2 Å². The molecule has 0 radical (unpaired) electrons. The van der Waals surface area contributed by atoms with Crippen LogP contribution in [0.2, 0.25) is 0 Å². The van der Waals surface area contributed by atoms with Gasteiger partial charge in [0.2, 0.25) is 4.77 Å². The molecule has 1 aliphatic rings. The fraction of sp³-hybridized carbons (Fsp3) is 0.412. The van der Waals surface area contributed by atoms with Crippen LogP contribution < -0.4 is 4.90 Å². The van der Waals surface area contributed by atoms with Gasteiger partial charge in [-0.25, -0.2) is 0 Å². The molecule has 4 nitrogen and oxygen atoms in total. The van der Waals surface area contributed by atoms with Crippen LogP contribution in [-0.4, -0.2) is 20.9 Å². The standard InChI is InChI=1S/C17H20N4S3/c1-3-20-16(15-5-4-9-23-15)18-21(17(20)22)11-19-8-6-14-13(12(19)2)7-10-24-14/h4-5,7,9-10,12H,3,6,8,11H2,1-2H3/p+1/t12-/m0/s1. The van der Waals surface area contributed by atoms with E-state index in [0.29, 0.717) is 6.04 Å². The Morgan fingerprint density at radius 2 is 2.21 bits per heavy atom. The lowest BCUT2D eigenvalue weighted by atomic mass is 10.0. The highest BCUT2D eigenvalue weighted by atomic mass is 32.1. The fourth-order valence-electron chi connectivity index (χ4n) is 3.48. The van der Waals surface area contributed by atoms with E-state index in [2.05, 4.69) is 47.4 Å². The molecule has 1 aliphatic heterocycles. The molecule has 3 aromatic rings. The van der Waals surface area contributed by atoms with Crippen LogP contribution in [0.25, 0.3) is 10.7 Å². The minimum Gasteiger partial charge on any atom is -0.310 e. The van der Waals surface area contributed by atoms with Gasteiger partial charge < -0.3 is 4.90 Å². The molecule has 0 saturated heterocycles. The first kappa shape index (κ1) is 16.2. The lowest BCUT2D eigenvalue weighted by Gasteiger charge is -2.30. The van der Waals surface area contributed by atoms with Crippen LogP contribution >= 0.6 is 34.9 Å². The number of hydrogen-bond donors (Lipinski definition) is 1. The summed E-state index contributed by atoms with van der Waals surface area (Å²) >= 11 is 9.32. The maximum atomic E-state index is 5.71. The van der Waals surface area contributed by atoms with Crippen molar-refractivity contribution in [1.82, 2.24) is 14.3 Å². The van der Waals surface area contributed by atoms with Gasteiger partial charge in [-0.2, -0.15) is 4.68 Å². The quantitative estimate of drug-likeness (QED) is 0.706. The number of nitrogens with one attached hydrogen (secondary N) is 1. The maximum Gasteiger partial charge on any atom is 0.203 e. The highest BCUT2D eigenvalue weighted by Gasteiger charge is 2.29. The molecule has 126 valence electrons. The van der Waals surface area contributed by atoms with Gasteiger partial charge in [0, 0.05) is 23.4 Å². The smallest absolute Gasteiger partial charge is 0.203 e. The SMILES string of the molecule is CCn1c(-c2cccs2)nn(C[NH+]2CCc3sccc3[C@@H]2C)c1=S. The third kappa shape index (κ3) is 2.69. The molecular weight excluding hydrogens is 356 g/mol. The molecule has 0 spiro atoms. The van der Waals surface area contributed by atoms with Crippen LogP contribution in [0.4, 0.5) is 0 Å². The number of quaternary nitrogens is 1.